The molecule has 0 radical (unpaired) electrons. The number of nitrogens with zero attached hydrogens (tertiary/aromatic N) is 3. The van der Waals surface area contributed by atoms with Crippen molar-refractivity contribution in [3.05, 3.63) is 89.5 Å². The first kappa shape index (κ1) is 32.9. The zero-order valence-corrected chi connectivity index (χ0v) is 29.0. The summed E-state index contributed by atoms with van der Waals surface area (Å²) in [6, 6.07) is 16.2. The number of anilines is 1. The molecule has 1 fully saturated rings. The van der Waals surface area contributed by atoms with Crippen molar-refractivity contribution in [2.75, 3.05) is 31.6 Å². The van der Waals surface area contributed by atoms with Crippen molar-refractivity contribution in [1.29, 1.82) is 0 Å². The van der Waals surface area contributed by atoms with E-state index in [1.807, 2.05) is 18.2 Å². The van der Waals surface area contributed by atoms with Gasteiger partial charge < -0.3 is 4.90 Å². The Morgan fingerprint density at radius 3 is 2.12 bits per heavy atom. The lowest BCUT2D eigenvalue weighted by Gasteiger charge is -2.32. The Kier molecular flexibility index (Phi) is 11.6. The second-order valence-electron chi connectivity index (χ2n) is 10.5. The van der Waals surface area contributed by atoms with Crippen molar-refractivity contribution < 1.29 is 14.4 Å². The Bertz CT molecular complexity index is 1520. The van der Waals surface area contributed by atoms with E-state index in [9.17, 15) is 14.4 Å². The molecule has 0 atom stereocenters. The minimum absolute atomic E-state index is 0.0213. The van der Waals surface area contributed by atoms with Crippen LogP contribution in [0.25, 0.3) is 18.2 Å². The second-order valence-corrected chi connectivity index (χ2v) is 13.4. The average Bonchev–Trinajstić information content (AvgIpc) is 3.44. The number of urea groups is 1. The van der Waals surface area contributed by atoms with Crippen LogP contribution in [0, 0.1) is 6.92 Å². The molecule has 1 aromatic heterocycles. The fraction of sp³-hybridized carbons (Fsp3) is 0.324. The Labute approximate surface area is 275 Å². The fourth-order valence-electron chi connectivity index (χ4n) is 4.93. The van der Waals surface area contributed by atoms with E-state index in [1.54, 1.807) is 19.9 Å². The molecule has 0 N–H and O–H groups in total. The summed E-state index contributed by atoms with van der Waals surface area (Å²) in [5, 5.41) is 0. The summed E-state index contributed by atoms with van der Waals surface area (Å²) in [4.78, 5) is 44.3. The van der Waals surface area contributed by atoms with Gasteiger partial charge in [-0.05, 0) is 105 Å². The zero-order valence-electron chi connectivity index (χ0n) is 25.0. The number of aryl methyl sites for hydroxylation is 2. The third kappa shape index (κ3) is 8.13. The largest absolute Gasteiger partial charge is 0.375 e. The number of thiophene rings is 1. The first-order valence-corrected chi connectivity index (χ1v) is 17.0. The molecule has 2 heterocycles. The van der Waals surface area contributed by atoms with Crippen molar-refractivity contribution in [2.24, 2.45) is 0 Å². The molecule has 4 amide bonds. The number of unbranched alkanes of at least 4 members (excludes halogenated alkanes) is 2. The average molecular weight is 728 g/mol. The van der Waals surface area contributed by atoms with Crippen molar-refractivity contribution in [1.82, 2.24) is 9.80 Å². The Hall–Kier alpha value is -3.01. The van der Waals surface area contributed by atoms with Gasteiger partial charge in [0.25, 0.3) is 11.8 Å². The van der Waals surface area contributed by atoms with Gasteiger partial charge in [0.05, 0.1) is 0 Å². The quantitative estimate of drug-likeness (QED) is 0.106. The van der Waals surface area contributed by atoms with Crippen molar-refractivity contribution in [3.63, 3.8) is 0 Å². The summed E-state index contributed by atoms with van der Waals surface area (Å²) in [6.07, 6.45) is 10.2. The van der Waals surface area contributed by atoms with Crippen LogP contribution in [0.2, 0.25) is 0 Å². The van der Waals surface area contributed by atoms with E-state index < -0.39 is 17.8 Å². The predicted octanol–water partition coefficient (Wildman–Crippen LogP) is 8.82. The van der Waals surface area contributed by atoms with Crippen LogP contribution in [0.5, 0.6) is 0 Å². The lowest BCUT2D eigenvalue weighted by molar-refractivity contribution is -0.135. The van der Waals surface area contributed by atoms with Gasteiger partial charge in [-0.25, -0.2) is 4.79 Å². The van der Waals surface area contributed by atoms with E-state index in [4.69, 9.17) is 0 Å². The van der Waals surface area contributed by atoms with Crippen molar-refractivity contribution in [2.45, 2.75) is 46.5 Å². The molecular weight excluding hydrogens is 690 g/mol. The Balaban J connectivity index is 1.29. The van der Waals surface area contributed by atoms with Crippen LogP contribution in [-0.4, -0.2) is 54.3 Å². The van der Waals surface area contributed by atoms with E-state index in [0.717, 1.165) is 50.9 Å². The maximum absolute atomic E-state index is 12.8. The van der Waals surface area contributed by atoms with Gasteiger partial charge in [-0.1, -0.05) is 56.5 Å². The van der Waals surface area contributed by atoms with Gasteiger partial charge in [-0.3, -0.25) is 19.4 Å². The summed E-state index contributed by atoms with van der Waals surface area (Å²) in [6.45, 7) is 7.00. The van der Waals surface area contributed by atoms with Gasteiger partial charge in [0.2, 0.25) is 0 Å². The van der Waals surface area contributed by atoms with Gasteiger partial charge in [-0.15, -0.1) is 11.3 Å². The molecule has 1 aliphatic rings. The van der Waals surface area contributed by atoms with Gasteiger partial charge >= 0.3 is 6.03 Å². The topological polar surface area (TPSA) is 60.9 Å². The number of hydrogen-bond acceptors (Lipinski definition) is 5. The second kappa shape index (κ2) is 15.1. The van der Waals surface area contributed by atoms with Gasteiger partial charge in [0.15, 0.2) is 0 Å². The number of carbonyl (C=O) groups excluding carboxylic acids is 3. The summed E-state index contributed by atoms with van der Waals surface area (Å²) >= 11 is 8.82. The number of amides is 4. The molecule has 43 heavy (non-hydrogen) atoms. The molecular formula is C34H37Br2N3O3S. The van der Waals surface area contributed by atoms with Crippen LogP contribution in [0.4, 0.5) is 10.5 Å². The lowest BCUT2D eigenvalue weighted by atomic mass is 10.1. The van der Waals surface area contributed by atoms with E-state index in [0.29, 0.717) is 0 Å². The molecule has 0 spiro atoms. The number of halogens is 2. The number of benzene rings is 2. The normalized spacial score (nSPS) is 13.9. The number of rotatable bonds is 12. The Morgan fingerprint density at radius 2 is 1.47 bits per heavy atom. The van der Waals surface area contributed by atoms with E-state index in [-0.39, 0.29) is 18.7 Å². The maximum Gasteiger partial charge on any atom is 0.333 e. The van der Waals surface area contributed by atoms with Gasteiger partial charge in [-0.2, -0.15) is 0 Å². The van der Waals surface area contributed by atoms with Crippen LogP contribution >= 0.6 is 43.2 Å². The summed E-state index contributed by atoms with van der Waals surface area (Å²) < 4.78 is 2.35. The molecule has 0 aliphatic carbocycles. The zero-order chi connectivity index (χ0) is 31.1. The molecule has 0 unspecified atom stereocenters. The highest BCUT2D eigenvalue weighted by molar-refractivity contribution is 9.11. The molecule has 226 valence electrons. The first-order chi connectivity index (χ1) is 20.6. The van der Waals surface area contributed by atoms with Crippen molar-refractivity contribution >= 4 is 85.0 Å². The molecule has 6 nitrogen and oxygen atoms in total. The lowest BCUT2D eigenvalue weighted by Crippen LogP contribution is -2.56. The van der Waals surface area contributed by atoms with Crippen LogP contribution in [0.1, 0.15) is 59.6 Å². The molecule has 4 rings (SSSR count). The number of likely N-dealkylation sites (N-methyl/N-ethyl adjacent to an activating group) is 2. The van der Waals surface area contributed by atoms with Gasteiger partial charge in [0.1, 0.15) is 5.57 Å². The minimum atomic E-state index is -0.555. The van der Waals surface area contributed by atoms with Crippen molar-refractivity contribution in [3.8, 4) is 0 Å². The predicted molar refractivity (Wildman–Crippen MR) is 185 cm³/mol. The number of imide groups is 2. The van der Waals surface area contributed by atoms with E-state index in [2.05, 4.69) is 93.2 Å². The summed E-state index contributed by atoms with van der Waals surface area (Å²) in [5.74, 6) is -1.08. The monoisotopic (exact) mass is 725 g/mol. The fourth-order valence-corrected chi connectivity index (χ4v) is 6.83. The molecule has 3 aromatic rings. The molecule has 1 saturated heterocycles. The molecule has 0 saturated carbocycles. The van der Waals surface area contributed by atoms with Gasteiger partial charge in [0, 0.05) is 51.1 Å². The minimum Gasteiger partial charge on any atom is -0.375 e. The SMILES string of the molecule is CCN1C(=O)C(=Cc2ccc(/C=C/c3ccc(N(C)CCCCCc4cc(Br)c(C)cc4Br)cc3)s2)C(=O)N(CC)C1=O. The van der Waals surface area contributed by atoms with Crippen LogP contribution in [0.3, 0.4) is 0 Å². The van der Waals surface area contributed by atoms with Crippen LogP contribution in [0.15, 0.2) is 63.0 Å². The van der Waals surface area contributed by atoms with E-state index in [1.165, 1.54) is 43.5 Å². The molecule has 2 aromatic carbocycles. The van der Waals surface area contributed by atoms with Crippen LogP contribution < -0.4 is 4.90 Å². The molecule has 1 aliphatic heterocycles. The smallest absolute Gasteiger partial charge is 0.333 e. The maximum atomic E-state index is 12.8. The van der Waals surface area contributed by atoms with Crippen LogP contribution in [-0.2, 0) is 16.0 Å². The summed E-state index contributed by atoms with van der Waals surface area (Å²) in [5.41, 5.74) is 4.90. The summed E-state index contributed by atoms with van der Waals surface area (Å²) in [7, 11) is 2.14. The highest BCUT2D eigenvalue weighted by Crippen LogP contribution is 2.28. The third-order valence-corrected chi connectivity index (χ3v) is 10.1. The highest BCUT2D eigenvalue weighted by atomic mass is 79.9. The number of barbiturate groups is 1. The first-order valence-electron chi connectivity index (χ1n) is 14.6. The van der Waals surface area contributed by atoms with E-state index >= 15 is 0 Å². The molecule has 9 heteroatoms. The third-order valence-electron chi connectivity index (χ3n) is 7.52. The number of carbonyl (C=O) groups is 3. The number of hydrogen-bond donors (Lipinski definition) is 0. The Morgan fingerprint density at radius 1 is 0.814 bits per heavy atom. The standard InChI is InChI=1S/C34H37Br2N3O3S/c1-5-38-32(40)29(33(41)39(6-2)34(38)42)22-28-18-17-27(43-28)16-13-24-11-14-26(15-12-24)37(4)19-9-7-8-10-25-21-30(35)23(3)20-31(25)36/h11-18,20-22H,5-10,19H2,1-4H3/b16-13+. The highest BCUT2D eigenvalue weighted by Gasteiger charge is 2.40. The molecule has 0 bridgehead atoms.